The number of nitrogens with zero attached hydrogens (tertiary/aromatic N) is 1. The monoisotopic (exact) mass is 441 g/mol. The van der Waals surface area contributed by atoms with Crippen LogP contribution in [0, 0.1) is 0 Å². The Morgan fingerprint density at radius 1 is 1.50 bits per heavy atom. The maximum Gasteiger partial charge on any atom is 0.242 e. The second kappa shape index (κ2) is 7.20. The molecule has 1 fully saturated rings. The number of rotatable bonds is 5. The quantitative estimate of drug-likeness (QED) is 0.378. The highest BCUT2D eigenvalue weighted by molar-refractivity contribution is 14.1. The van der Waals surface area contributed by atoms with Gasteiger partial charge in [-0.3, -0.25) is 10.1 Å². The Morgan fingerprint density at radius 2 is 2.25 bits per heavy atom. The minimum Gasteiger partial charge on any atom is -0.365 e. The van der Waals surface area contributed by atoms with E-state index in [-0.39, 0.29) is 9.33 Å². The summed E-state index contributed by atoms with van der Waals surface area (Å²) in [4.78, 5) is 20.0. The van der Waals surface area contributed by atoms with Gasteiger partial charge in [0.25, 0.3) is 0 Å². The van der Waals surface area contributed by atoms with Crippen LogP contribution in [0.4, 0.5) is 5.95 Å². The lowest BCUT2D eigenvalue weighted by atomic mass is 10.1. The Kier molecular flexibility index (Phi) is 5.21. The van der Waals surface area contributed by atoms with E-state index in [1.54, 1.807) is 12.2 Å². The Bertz CT molecular complexity index is 766. The van der Waals surface area contributed by atoms with Gasteiger partial charge in [0.1, 0.15) is 3.42 Å². The number of hydrogen-bond donors (Lipinski definition) is 3. The predicted molar refractivity (Wildman–Crippen MR) is 102 cm³/mol. The maximum absolute atomic E-state index is 12.5. The van der Waals surface area contributed by atoms with Crippen LogP contribution in [-0.2, 0) is 9.53 Å². The molecule has 1 unspecified atom stereocenters. The van der Waals surface area contributed by atoms with Gasteiger partial charge in [-0.2, -0.15) is 0 Å². The fraction of sp³-hybridized carbons (Fsp3) is 0.412. The number of alkyl halides is 1. The molecule has 0 bridgehead atoms. The van der Waals surface area contributed by atoms with Crippen LogP contribution < -0.4 is 5.32 Å². The molecular weight excluding hydrogens is 421 g/mol. The zero-order valence-corrected chi connectivity index (χ0v) is 15.5. The molecule has 0 spiro atoms. The lowest BCUT2D eigenvalue weighted by molar-refractivity contribution is -0.117. The van der Waals surface area contributed by atoms with E-state index in [1.165, 1.54) is 7.11 Å². The number of H-pyrrole nitrogens is 1. The van der Waals surface area contributed by atoms with Crippen molar-refractivity contribution in [3.8, 4) is 0 Å². The van der Waals surface area contributed by atoms with Crippen LogP contribution in [0.1, 0.15) is 31.2 Å². The van der Waals surface area contributed by atoms with Crippen molar-refractivity contribution in [2.45, 2.75) is 35.4 Å². The van der Waals surface area contributed by atoms with Gasteiger partial charge >= 0.3 is 0 Å². The first-order chi connectivity index (χ1) is 11.5. The van der Waals surface area contributed by atoms with Gasteiger partial charge in [-0.25, -0.2) is 4.98 Å². The molecule has 0 saturated heterocycles. The first-order valence-electron chi connectivity index (χ1n) is 7.89. The number of aromatic amines is 1. The number of halogens is 1. The van der Waals surface area contributed by atoms with Crippen molar-refractivity contribution in [1.29, 1.82) is 0 Å². The summed E-state index contributed by atoms with van der Waals surface area (Å²) in [5.74, 6) is 0.485. The molecule has 0 radical (unpaired) electrons. The van der Waals surface area contributed by atoms with Gasteiger partial charge < -0.3 is 14.8 Å². The van der Waals surface area contributed by atoms with Gasteiger partial charge in [0, 0.05) is 7.11 Å². The fourth-order valence-corrected chi connectivity index (χ4v) is 3.74. The topological polar surface area (TPSA) is 87.2 Å². The van der Waals surface area contributed by atoms with E-state index in [1.807, 2.05) is 18.2 Å². The zero-order valence-electron chi connectivity index (χ0n) is 13.4. The molecule has 1 amide bonds. The molecule has 1 aromatic heterocycles. The molecule has 7 heteroatoms. The number of carbonyl (C=O) groups is 1. The van der Waals surface area contributed by atoms with Crippen molar-refractivity contribution in [3.05, 3.63) is 29.8 Å². The smallest absolute Gasteiger partial charge is 0.242 e. The lowest BCUT2D eigenvalue weighted by Crippen LogP contribution is -2.34. The first-order valence-corrected chi connectivity index (χ1v) is 8.97. The molecule has 1 saturated carbocycles. The van der Waals surface area contributed by atoms with Gasteiger partial charge in [0.15, 0.2) is 6.29 Å². The van der Waals surface area contributed by atoms with E-state index in [0.717, 1.165) is 42.3 Å². The third-order valence-electron chi connectivity index (χ3n) is 4.24. The minimum atomic E-state index is -0.927. The molecule has 1 atom stereocenters. The highest BCUT2D eigenvalue weighted by Crippen LogP contribution is 2.38. The first kappa shape index (κ1) is 17.4. The standard InChI is InChI=1S/C17H20IN3O3/c1-24-14(22)7-5-11-4-6-12-13(10-11)20-16(19-12)21-15(23)17(18)8-2-3-9-17/h4-7,10,14,22H,2-3,8-9H2,1H3,(H2,19,20,21,23)/b7-5+. The number of ether oxygens (including phenoxy) is 1. The minimum absolute atomic E-state index is 0.0167. The summed E-state index contributed by atoms with van der Waals surface area (Å²) in [5.41, 5.74) is 2.51. The van der Waals surface area contributed by atoms with Crippen LogP contribution in [-0.4, -0.2) is 37.8 Å². The highest BCUT2D eigenvalue weighted by Gasteiger charge is 2.38. The SMILES string of the molecule is COC(O)/C=C/c1ccc2nc(NC(=O)C3(I)CCCC3)[nH]c2c1. The van der Waals surface area contributed by atoms with E-state index in [9.17, 15) is 9.90 Å². The molecule has 24 heavy (non-hydrogen) atoms. The van der Waals surface area contributed by atoms with E-state index in [4.69, 9.17) is 4.74 Å². The molecule has 3 rings (SSSR count). The van der Waals surface area contributed by atoms with Gasteiger partial charge in [0.05, 0.1) is 11.0 Å². The second-order valence-corrected chi connectivity index (χ2v) is 8.04. The number of amides is 1. The Balaban J connectivity index is 1.76. The van der Waals surface area contributed by atoms with Crippen molar-refractivity contribution in [1.82, 2.24) is 9.97 Å². The maximum atomic E-state index is 12.5. The number of imidazole rings is 1. The molecule has 1 aliphatic carbocycles. The summed E-state index contributed by atoms with van der Waals surface area (Å²) >= 11 is 2.26. The number of aliphatic hydroxyl groups excluding tert-OH is 1. The van der Waals surface area contributed by atoms with Crippen molar-refractivity contribution >= 4 is 51.6 Å². The van der Waals surface area contributed by atoms with Crippen LogP contribution in [0.25, 0.3) is 17.1 Å². The Hall–Kier alpha value is -1.45. The highest BCUT2D eigenvalue weighted by atomic mass is 127. The summed E-state index contributed by atoms with van der Waals surface area (Å²) in [7, 11) is 1.44. The van der Waals surface area contributed by atoms with Crippen molar-refractivity contribution < 1.29 is 14.6 Å². The molecule has 1 aliphatic rings. The Morgan fingerprint density at radius 3 is 2.96 bits per heavy atom. The fourth-order valence-electron chi connectivity index (χ4n) is 2.84. The lowest BCUT2D eigenvalue weighted by Gasteiger charge is -2.18. The molecular formula is C17H20IN3O3. The molecule has 1 heterocycles. The van der Waals surface area contributed by atoms with E-state index >= 15 is 0 Å². The van der Waals surface area contributed by atoms with Crippen molar-refractivity contribution in [2.24, 2.45) is 0 Å². The average Bonchev–Trinajstić information content (AvgIpc) is 3.18. The number of carbonyl (C=O) groups excluding carboxylic acids is 1. The summed E-state index contributed by atoms with van der Waals surface area (Å²) in [6.07, 6.45) is 6.42. The molecule has 2 aromatic rings. The molecule has 3 N–H and O–H groups in total. The largest absolute Gasteiger partial charge is 0.365 e. The molecule has 6 nitrogen and oxygen atoms in total. The van der Waals surface area contributed by atoms with Gasteiger partial charge in [0.2, 0.25) is 11.9 Å². The molecule has 1 aromatic carbocycles. The summed E-state index contributed by atoms with van der Waals surface area (Å²) < 4.78 is 4.45. The number of aliphatic hydroxyl groups is 1. The van der Waals surface area contributed by atoms with E-state index in [0.29, 0.717) is 5.95 Å². The summed E-state index contributed by atoms with van der Waals surface area (Å²) in [6, 6.07) is 5.67. The zero-order chi connectivity index (χ0) is 17.2. The van der Waals surface area contributed by atoms with Crippen LogP contribution in [0.15, 0.2) is 24.3 Å². The molecule has 128 valence electrons. The van der Waals surface area contributed by atoms with E-state index in [2.05, 4.69) is 37.9 Å². The number of anilines is 1. The van der Waals surface area contributed by atoms with Gasteiger partial charge in [-0.1, -0.05) is 47.6 Å². The van der Waals surface area contributed by atoms with Crippen LogP contribution in [0.3, 0.4) is 0 Å². The third-order valence-corrected chi connectivity index (χ3v) is 5.80. The number of methoxy groups -OCH3 is 1. The van der Waals surface area contributed by atoms with Crippen molar-refractivity contribution in [3.63, 3.8) is 0 Å². The summed E-state index contributed by atoms with van der Waals surface area (Å²) in [6.45, 7) is 0. The number of benzene rings is 1. The third kappa shape index (κ3) is 3.79. The van der Waals surface area contributed by atoms with Gasteiger partial charge in [-0.05, 0) is 36.6 Å². The van der Waals surface area contributed by atoms with Crippen LogP contribution in [0.5, 0.6) is 0 Å². The summed E-state index contributed by atoms with van der Waals surface area (Å²) in [5, 5.41) is 12.3. The number of fused-ring (bicyclic) bond motifs is 1. The second-order valence-electron chi connectivity index (χ2n) is 5.97. The number of nitrogens with one attached hydrogen (secondary N) is 2. The number of aromatic nitrogens is 2. The van der Waals surface area contributed by atoms with Crippen molar-refractivity contribution in [2.75, 3.05) is 12.4 Å². The molecule has 0 aliphatic heterocycles. The Labute approximate surface area is 153 Å². The predicted octanol–water partition coefficient (Wildman–Crippen LogP) is 3.23. The van der Waals surface area contributed by atoms with Crippen LogP contribution >= 0.6 is 22.6 Å². The average molecular weight is 441 g/mol. The van der Waals surface area contributed by atoms with E-state index < -0.39 is 6.29 Å². The van der Waals surface area contributed by atoms with Crippen LogP contribution in [0.2, 0.25) is 0 Å². The normalized spacial score (nSPS) is 18.3. The number of hydrogen-bond acceptors (Lipinski definition) is 4. The van der Waals surface area contributed by atoms with Gasteiger partial charge in [-0.15, -0.1) is 0 Å².